The number of carbonyl (C=O) groups excluding carboxylic acids is 3. The Bertz CT molecular complexity index is 1080. The third-order valence-corrected chi connectivity index (χ3v) is 10.0. The van der Waals surface area contributed by atoms with Crippen LogP contribution in [0.15, 0.2) is 36.0 Å². The molecule has 0 radical (unpaired) electrons. The maximum Gasteiger partial charge on any atom is 0.357 e. The van der Waals surface area contributed by atoms with Gasteiger partial charge in [-0.1, -0.05) is 18.6 Å². The van der Waals surface area contributed by atoms with Gasteiger partial charge < -0.3 is 14.2 Å². The fraction of sp³-hybridized carbons (Fsp3) is 0.643. The molecule has 4 aliphatic carbocycles. The van der Waals surface area contributed by atoms with Gasteiger partial charge in [0.2, 0.25) is 0 Å². The molecule has 8 atom stereocenters. The van der Waals surface area contributed by atoms with Crippen molar-refractivity contribution in [3.05, 3.63) is 41.7 Å². The Kier molecular flexibility index (Phi) is 5.49. The van der Waals surface area contributed by atoms with Crippen molar-refractivity contribution in [1.29, 1.82) is 0 Å². The fourth-order valence-electron chi connectivity index (χ4n) is 8.73. The van der Waals surface area contributed by atoms with E-state index in [1.807, 2.05) is 6.08 Å². The third kappa shape index (κ3) is 3.30. The van der Waals surface area contributed by atoms with Crippen molar-refractivity contribution in [2.24, 2.45) is 34.5 Å². The molecule has 5 aliphatic rings. The van der Waals surface area contributed by atoms with Gasteiger partial charge in [-0.2, -0.15) is 0 Å². The molecular formula is C28H33NO6. The molecule has 1 aliphatic heterocycles. The molecular weight excluding hydrogens is 446 g/mol. The Morgan fingerprint density at radius 3 is 2.83 bits per heavy atom. The molecule has 1 saturated heterocycles. The summed E-state index contributed by atoms with van der Waals surface area (Å²) in [5, 5.41) is 0. The van der Waals surface area contributed by atoms with E-state index in [-0.39, 0.29) is 46.7 Å². The summed E-state index contributed by atoms with van der Waals surface area (Å²) in [5.74, 6) is 0.473. The van der Waals surface area contributed by atoms with Crippen LogP contribution in [0.2, 0.25) is 0 Å². The van der Waals surface area contributed by atoms with Crippen molar-refractivity contribution in [2.75, 3.05) is 13.7 Å². The molecule has 4 fully saturated rings. The normalized spacial score (nSPS) is 41.4. The SMILES string of the molecule is COC1O[C@H]2C[C@@]13[C@@H](C(=O)COC(=O)c1ccccn1)CC[C@H]3[C@@H]1CCC3=CC(=O)CC[C@]3(C)[C@H]12. The summed E-state index contributed by atoms with van der Waals surface area (Å²) in [5.41, 5.74) is 1.08. The molecule has 7 nitrogen and oxygen atoms in total. The average molecular weight is 480 g/mol. The number of esters is 1. The Labute approximate surface area is 205 Å². The predicted molar refractivity (Wildman–Crippen MR) is 125 cm³/mol. The minimum atomic E-state index is -0.579. The number of ketones is 2. The van der Waals surface area contributed by atoms with Gasteiger partial charge in [0.1, 0.15) is 5.69 Å². The summed E-state index contributed by atoms with van der Waals surface area (Å²) < 4.78 is 17.9. The zero-order valence-corrected chi connectivity index (χ0v) is 20.4. The maximum atomic E-state index is 13.5. The maximum absolute atomic E-state index is 13.5. The molecule has 0 aromatic carbocycles. The lowest BCUT2D eigenvalue weighted by Crippen LogP contribution is -2.55. The number of allylic oxidation sites excluding steroid dienone is 1. The zero-order chi connectivity index (χ0) is 24.4. The molecule has 35 heavy (non-hydrogen) atoms. The van der Waals surface area contributed by atoms with E-state index in [1.54, 1.807) is 25.3 Å². The highest BCUT2D eigenvalue weighted by molar-refractivity contribution is 5.92. The highest BCUT2D eigenvalue weighted by Crippen LogP contribution is 2.71. The molecule has 1 aromatic rings. The topological polar surface area (TPSA) is 91.8 Å². The van der Waals surface area contributed by atoms with Crippen LogP contribution in [-0.2, 0) is 23.8 Å². The predicted octanol–water partition coefficient (Wildman–Crippen LogP) is 3.92. The lowest BCUT2D eigenvalue weighted by Gasteiger charge is -2.57. The van der Waals surface area contributed by atoms with Crippen LogP contribution in [0, 0.1) is 34.5 Å². The Balaban J connectivity index is 1.26. The van der Waals surface area contributed by atoms with Crippen molar-refractivity contribution in [2.45, 2.75) is 64.3 Å². The molecule has 7 heteroatoms. The number of ether oxygens (including phenoxy) is 3. The van der Waals surface area contributed by atoms with Gasteiger partial charge in [-0.05, 0) is 79.9 Å². The standard InChI is InChI=1S/C28H33NO6/c1-27-11-10-17(30)13-16(27)6-7-18-19-8-9-20(28(19)14-23(24(18)27)35-26(28)33-2)22(31)15-34-25(32)21-5-3-4-12-29-21/h3-5,12-13,18-20,23-24,26H,6-11,14-15H2,1-2H3/t18-,19-,20+,23-,24+,26?,27-,28+/m0/s1. The van der Waals surface area contributed by atoms with Crippen LogP contribution in [0.4, 0.5) is 0 Å². The van der Waals surface area contributed by atoms with Gasteiger partial charge in [0.05, 0.1) is 6.10 Å². The van der Waals surface area contributed by atoms with Crippen LogP contribution in [-0.4, -0.2) is 48.6 Å². The Morgan fingerprint density at radius 1 is 1.20 bits per heavy atom. The van der Waals surface area contributed by atoms with E-state index < -0.39 is 12.3 Å². The highest BCUT2D eigenvalue weighted by atomic mass is 16.7. The second-order valence-corrected chi connectivity index (χ2v) is 11.3. The smallest absolute Gasteiger partial charge is 0.357 e. The summed E-state index contributed by atoms with van der Waals surface area (Å²) in [7, 11) is 1.67. The van der Waals surface area contributed by atoms with Crippen LogP contribution in [0.25, 0.3) is 0 Å². The number of rotatable bonds is 5. The van der Waals surface area contributed by atoms with Crippen LogP contribution < -0.4 is 0 Å². The van der Waals surface area contributed by atoms with E-state index in [0.29, 0.717) is 24.2 Å². The number of fused-ring (bicyclic) bond motifs is 6. The van der Waals surface area contributed by atoms with Crippen LogP contribution in [0.1, 0.15) is 62.4 Å². The van der Waals surface area contributed by atoms with Crippen LogP contribution in [0.5, 0.6) is 0 Å². The number of aromatic nitrogens is 1. The van der Waals surface area contributed by atoms with E-state index in [1.165, 1.54) is 11.8 Å². The number of pyridine rings is 1. The molecule has 6 rings (SSSR count). The van der Waals surface area contributed by atoms with Crippen LogP contribution >= 0.6 is 0 Å². The minimum Gasteiger partial charge on any atom is -0.453 e. The summed E-state index contributed by atoms with van der Waals surface area (Å²) in [6.07, 6.45) is 8.96. The Morgan fingerprint density at radius 2 is 2.06 bits per heavy atom. The van der Waals surface area contributed by atoms with Gasteiger partial charge in [0.25, 0.3) is 0 Å². The number of hydrogen-bond donors (Lipinski definition) is 0. The lowest BCUT2D eigenvalue weighted by molar-refractivity contribution is -0.175. The van der Waals surface area contributed by atoms with Crippen molar-refractivity contribution in [3.63, 3.8) is 0 Å². The Hall–Kier alpha value is -2.38. The van der Waals surface area contributed by atoms with Gasteiger partial charge in [-0.3, -0.25) is 9.59 Å². The van der Waals surface area contributed by atoms with Crippen LogP contribution in [0.3, 0.4) is 0 Å². The number of nitrogens with zero attached hydrogens (tertiary/aromatic N) is 1. The number of methoxy groups -OCH3 is 1. The van der Waals surface area contributed by atoms with Gasteiger partial charge in [-0.15, -0.1) is 0 Å². The van der Waals surface area contributed by atoms with Crippen molar-refractivity contribution in [3.8, 4) is 0 Å². The monoisotopic (exact) mass is 479 g/mol. The summed E-state index contributed by atoms with van der Waals surface area (Å²) in [6.45, 7) is 2.07. The summed E-state index contributed by atoms with van der Waals surface area (Å²) >= 11 is 0. The quantitative estimate of drug-likeness (QED) is 0.591. The summed E-state index contributed by atoms with van der Waals surface area (Å²) in [4.78, 5) is 42.1. The molecule has 3 saturated carbocycles. The second kappa shape index (κ2) is 8.34. The average Bonchev–Trinajstić information content (AvgIpc) is 3.42. The van der Waals surface area contributed by atoms with Crippen molar-refractivity contribution >= 4 is 17.5 Å². The van der Waals surface area contributed by atoms with E-state index in [9.17, 15) is 14.4 Å². The van der Waals surface area contributed by atoms with Gasteiger partial charge >= 0.3 is 5.97 Å². The first kappa shape index (κ1) is 23.0. The number of hydrogen-bond acceptors (Lipinski definition) is 7. The molecule has 1 spiro atoms. The first-order valence-corrected chi connectivity index (χ1v) is 12.9. The first-order chi connectivity index (χ1) is 16.9. The van der Waals surface area contributed by atoms with Gasteiger partial charge in [0, 0.05) is 31.1 Å². The first-order valence-electron chi connectivity index (χ1n) is 12.9. The van der Waals surface area contributed by atoms with Crippen molar-refractivity contribution in [1.82, 2.24) is 4.98 Å². The second-order valence-electron chi connectivity index (χ2n) is 11.3. The molecule has 1 aromatic heterocycles. The van der Waals surface area contributed by atoms with E-state index in [4.69, 9.17) is 14.2 Å². The summed E-state index contributed by atoms with van der Waals surface area (Å²) in [6, 6.07) is 5.03. The fourth-order valence-corrected chi connectivity index (χ4v) is 8.73. The highest BCUT2D eigenvalue weighted by Gasteiger charge is 2.71. The van der Waals surface area contributed by atoms with Crippen molar-refractivity contribution < 1.29 is 28.6 Å². The molecule has 1 unspecified atom stereocenters. The lowest BCUT2D eigenvalue weighted by atomic mass is 9.46. The largest absolute Gasteiger partial charge is 0.453 e. The molecule has 0 amide bonds. The molecule has 2 bridgehead atoms. The van der Waals surface area contributed by atoms with E-state index in [0.717, 1.165) is 38.5 Å². The molecule has 186 valence electrons. The van der Waals surface area contributed by atoms with E-state index >= 15 is 0 Å². The molecule has 2 heterocycles. The minimum absolute atomic E-state index is 0.00701. The number of Topliss-reactive ketones (excluding diaryl/α,β-unsaturated/α-hetero) is 1. The number of carbonyl (C=O) groups is 3. The molecule has 0 N–H and O–H groups in total. The van der Waals surface area contributed by atoms with Gasteiger partial charge in [0.15, 0.2) is 24.5 Å². The van der Waals surface area contributed by atoms with Gasteiger partial charge in [-0.25, -0.2) is 9.78 Å². The third-order valence-electron chi connectivity index (χ3n) is 10.0. The zero-order valence-electron chi connectivity index (χ0n) is 20.4. The van der Waals surface area contributed by atoms with E-state index in [2.05, 4.69) is 11.9 Å².